The van der Waals surface area contributed by atoms with E-state index in [4.69, 9.17) is 4.52 Å². The summed E-state index contributed by atoms with van der Waals surface area (Å²) < 4.78 is 7.35. The second-order valence-corrected chi connectivity index (χ2v) is 6.45. The van der Waals surface area contributed by atoms with E-state index >= 15 is 0 Å². The maximum absolute atomic E-state index is 5.27. The summed E-state index contributed by atoms with van der Waals surface area (Å²) in [5.74, 6) is 3.75. The molecule has 4 rings (SSSR count). The van der Waals surface area contributed by atoms with Crippen molar-refractivity contribution in [2.75, 3.05) is 0 Å². The summed E-state index contributed by atoms with van der Waals surface area (Å²) in [6.45, 7) is 2.08. The number of hydrogen-bond acceptors (Lipinski definition) is 5. The number of rotatable bonds is 5. The van der Waals surface area contributed by atoms with Crippen molar-refractivity contribution in [1.29, 1.82) is 0 Å². The molecule has 0 amide bonds. The largest absolute Gasteiger partial charge is 0.338 e. The summed E-state index contributed by atoms with van der Waals surface area (Å²) in [6, 6.07) is 4.12. The second-order valence-electron chi connectivity index (χ2n) is 5.47. The van der Waals surface area contributed by atoms with E-state index in [0.717, 1.165) is 34.6 Å². The highest BCUT2D eigenvalue weighted by Crippen LogP contribution is 2.38. The zero-order valence-corrected chi connectivity index (χ0v) is 12.6. The number of imidazole rings is 1. The quantitative estimate of drug-likeness (QED) is 0.723. The summed E-state index contributed by atoms with van der Waals surface area (Å²) in [6.07, 6.45) is 6.52. The predicted molar refractivity (Wildman–Crippen MR) is 81.2 cm³/mol. The number of aromatic nitrogens is 4. The number of nitrogens with zero attached hydrogens (tertiary/aromatic N) is 4. The summed E-state index contributed by atoms with van der Waals surface area (Å²) in [4.78, 5) is 9.10. The summed E-state index contributed by atoms with van der Waals surface area (Å²) in [7, 11) is 0. The van der Waals surface area contributed by atoms with Gasteiger partial charge in [0.25, 0.3) is 0 Å². The Morgan fingerprint density at radius 3 is 3.05 bits per heavy atom. The molecule has 1 fully saturated rings. The van der Waals surface area contributed by atoms with Crippen molar-refractivity contribution in [2.45, 2.75) is 37.2 Å². The molecule has 1 aliphatic carbocycles. The first-order valence-corrected chi connectivity index (χ1v) is 8.28. The molecule has 0 unspecified atom stereocenters. The highest BCUT2D eigenvalue weighted by Gasteiger charge is 2.28. The zero-order valence-electron chi connectivity index (χ0n) is 11.8. The fourth-order valence-corrected chi connectivity index (χ4v) is 3.09. The zero-order chi connectivity index (χ0) is 14.2. The van der Waals surface area contributed by atoms with Crippen LogP contribution in [0, 0.1) is 6.92 Å². The van der Waals surface area contributed by atoms with Gasteiger partial charge in [0.05, 0.1) is 11.4 Å². The SMILES string of the molecule is Cc1cccn2cc(CSCc3nc(C4CC4)no3)nc12. The van der Waals surface area contributed by atoms with Gasteiger partial charge in [0.15, 0.2) is 5.82 Å². The Kier molecular flexibility index (Phi) is 3.18. The van der Waals surface area contributed by atoms with Crippen LogP contribution in [-0.2, 0) is 11.5 Å². The van der Waals surface area contributed by atoms with Crippen LogP contribution in [0.2, 0.25) is 0 Å². The van der Waals surface area contributed by atoms with Gasteiger partial charge >= 0.3 is 0 Å². The lowest BCUT2D eigenvalue weighted by molar-refractivity contribution is 0.385. The third kappa shape index (κ3) is 2.68. The fraction of sp³-hybridized carbons (Fsp3) is 0.400. The molecule has 0 spiro atoms. The van der Waals surface area contributed by atoms with Gasteiger partial charge in [0.2, 0.25) is 5.89 Å². The van der Waals surface area contributed by atoms with Crippen LogP contribution < -0.4 is 0 Å². The number of thioether (sulfide) groups is 1. The van der Waals surface area contributed by atoms with Crippen LogP contribution >= 0.6 is 11.8 Å². The Bertz CT molecular complexity index is 775. The first kappa shape index (κ1) is 12.9. The first-order valence-electron chi connectivity index (χ1n) is 7.13. The molecule has 1 aliphatic rings. The highest BCUT2D eigenvalue weighted by molar-refractivity contribution is 7.97. The lowest BCUT2D eigenvalue weighted by Gasteiger charge is -1.94. The summed E-state index contributed by atoms with van der Waals surface area (Å²) in [5.41, 5.74) is 3.30. The van der Waals surface area contributed by atoms with Crippen LogP contribution in [0.1, 0.15) is 41.7 Å². The van der Waals surface area contributed by atoms with Gasteiger partial charge in [0.1, 0.15) is 5.65 Å². The Morgan fingerprint density at radius 1 is 1.33 bits per heavy atom. The standard InChI is InChI=1S/C15H16N4OS/c1-10-3-2-6-19-7-12(16-15(10)19)8-21-9-13-17-14(18-20-13)11-4-5-11/h2-3,6-7,11H,4-5,8-9H2,1H3. The molecule has 3 heterocycles. The van der Waals surface area contributed by atoms with Gasteiger partial charge in [-0.1, -0.05) is 11.2 Å². The van der Waals surface area contributed by atoms with E-state index in [2.05, 4.69) is 38.7 Å². The van der Waals surface area contributed by atoms with Crippen LogP contribution in [0.15, 0.2) is 29.0 Å². The maximum Gasteiger partial charge on any atom is 0.236 e. The Balaban J connectivity index is 1.39. The van der Waals surface area contributed by atoms with E-state index in [1.165, 1.54) is 18.4 Å². The molecule has 6 heteroatoms. The van der Waals surface area contributed by atoms with Gasteiger partial charge in [-0.15, -0.1) is 11.8 Å². The first-order chi connectivity index (χ1) is 10.3. The summed E-state index contributed by atoms with van der Waals surface area (Å²) in [5, 5.41) is 4.03. The van der Waals surface area contributed by atoms with E-state index in [1.807, 2.05) is 12.3 Å². The molecule has 108 valence electrons. The molecule has 3 aromatic heterocycles. The third-order valence-electron chi connectivity index (χ3n) is 3.63. The number of hydrogen-bond donors (Lipinski definition) is 0. The van der Waals surface area contributed by atoms with E-state index in [0.29, 0.717) is 5.92 Å². The Labute approximate surface area is 126 Å². The molecule has 0 bridgehead atoms. The average Bonchev–Trinajstić information content (AvgIpc) is 3.07. The topological polar surface area (TPSA) is 56.2 Å². The van der Waals surface area contributed by atoms with Gasteiger partial charge in [-0.2, -0.15) is 4.98 Å². The Hall–Kier alpha value is -1.82. The smallest absolute Gasteiger partial charge is 0.236 e. The minimum atomic E-state index is 0.550. The molecule has 21 heavy (non-hydrogen) atoms. The molecule has 0 N–H and O–H groups in total. The van der Waals surface area contributed by atoms with Gasteiger partial charge in [-0.05, 0) is 31.4 Å². The molecule has 0 aromatic carbocycles. The number of pyridine rings is 1. The van der Waals surface area contributed by atoms with E-state index < -0.39 is 0 Å². The predicted octanol–water partition coefficient (Wildman–Crippen LogP) is 3.34. The molecular formula is C15H16N4OS. The lowest BCUT2D eigenvalue weighted by Crippen LogP contribution is -1.86. The third-order valence-corrected chi connectivity index (χ3v) is 4.58. The van der Waals surface area contributed by atoms with Crippen LogP contribution in [-0.4, -0.2) is 19.5 Å². The van der Waals surface area contributed by atoms with Crippen LogP contribution in [0.25, 0.3) is 5.65 Å². The average molecular weight is 300 g/mol. The van der Waals surface area contributed by atoms with Gasteiger partial charge in [0, 0.05) is 24.1 Å². The van der Waals surface area contributed by atoms with E-state index in [-0.39, 0.29) is 0 Å². The molecule has 3 aromatic rings. The molecular weight excluding hydrogens is 284 g/mol. The van der Waals surface area contributed by atoms with Crippen molar-refractivity contribution in [3.05, 3.63) is 47.5 Å². The molecule has 0 saturated heterocycles. The van der Waals surface area contributed by atoms with Crippen LogP contribution in [0.4, 0.5) is 0 Å². The normalized spacial score (nSPS) is 14.9. The van der Waals surface area contributed by atoms with Gasteiger partial charge in [-0.25, -0.2) is 4.98 Å². The monoisotopic (exact) mass is 300 g/mol. The van der Waals surface area contributed by atoms with Crippen LogP contribution in [0.3, 0.4) is 0 Å². The van der Waals surface area contributed by atoms with Gasteiger partial charge < -0.3 is 8.92 Å². The molecule has 0 atom stereocenters. The molecule has 1 saturated carbocycles. The van der Waals surface area contributed by atoms with Crippen molar-refractivity contribution < 1.29 is 4.52 Å². The molecule has 0 radical (unpaired) electrons. The minimum Gasteiger partial charge on any atom is -0.338 e. The van der Waals surface area contributed by atoms with Gasteiger partial charge in [-0.3, -0.25) is 0 Å². The number of fused-ring (bicyclic) bond motifs is 1. The van der Waals surface area contributed by atoms with Crippen LogP contribution in [0.5, 0.6) is 0 Å². The molecule has 5 nitrogen and oxygen atoms in total. The highest BCUT2D eigenvalue weighted by atomic mass is 32.2. The van der Waals surface area contributed by atoms with Crippen molar-refractivity contribution in [3.63, 3.8) is 0 Å². The molecule has 0 aliphatic heterocycles. The number of aryl methyl sites for hydroxylation is 1. The fourth-order valence-electron chi connectivity index (χ4n) is 2.35. The minimum absolute atomic E-state index is 0.550. The summed E-state index contributed by atoms with van der Waals surface area (Å²) >= 11 is 1.75. The van der Waals surface area contributed by atoms with Crippen molar-refractivity contribution in [2.24, 2.45) is 0 Å². The second kappa shape index (κ2) is 5.18. The Morgan fingerprint density at radius 2 is 2.24 bits per heavy atom. The van der Waals surface area contributed by atoms with Crippen molar-refractivity contribution >= 4 is 17.4 Å². The maximum atomic E-state index is 5.27. The van der Waals surface area contributed by atoms with E-state index in [1.54, 1.807) is 11.8 Å². The van der Waals surface area contributed by atoms with Crippen molar-refractivity contribution in [1.82, 2.24) is 19.5 Å². The van der Waals surface area contributed by atoms with E-state index in [9.17, 15) is 0 Å². The van der Waals surface area contributed by atoms with Crippen molar-refractivity contribution in [3.8, 4) is 0 Å². The lowest BCUT2D eigenvalue weighted by atomic mass is 10.3.